The molecular weight excluding hydrogens is 355 g/mol. The first kappa shape index (κ1) is 17.9. The minimum Gasteiger partial charge on any atom is -0.444 e. The normalized spacial score (nSPS) is 11.4. The molecule has 0 saturated carbocycles. The first-order chi connectivity index (χ1) is 12.7. The summed E-state index contributed by atoms with van der Waals surface area (Å²) in [5.41, 5.74) is 2.54. The fourth-order valence-corrected chi connectivity index (χ4v) is 2.53. The number of halogens is 2. The number of guanidine groups is 1. The average Bonchev–Trinajstić information content (AvgIpc) is 3.14. The summed E-state index contributed by atoms with van der Waals surface area (Å²) in [7, 11) is 1.67. The summed E-state index contributed by atoms with van der Waals surface area (Å²) in [6.07, 6.45) is 1.61. The molecule has 3 rings (SSSR count). The van der Waals surface area contributed by atoms with Crippen LogP contribution in [-0.4, -0.2) is 18.0 Å². The zero-order valence-electron chi connectivity index (χ0n) is 14.2. The highest BCUT2D eigenvalue weighted by Crippen LogP contribution is 2.18. The zero-order chi connectivity index (χ0) is 18.4. The summed E-state index contributed by atoms with van der Waals surface area (Å²) in [6, 6.07) is 14.3. The Hall–Kier alpha value is -2.86. The minimum atomic E-state index is -0.432. The molecule has 5 nitrogen and oxygen atoms in total. The van der Waals surface area contributed by atoms with Crippen molar-refractivity contribution in [3.05, 3.63) is 76.9 Å². The molecule has 2 N–H and O–H groups in total. The van der Waals surface area contributed by atoms with Crippen molar-refractivity contribution >= 4 is 17.6 Å². The highest BCUT2D eigenvalue weighted by molar-refractivity contribution is 6.30. The van der Waals surface area contributed by atoms with Gasteiger partial charge >= 0.3 is 0 Å². The highest BCUT2D eigenvalue weighted by atomic mass is 35.5. The van der Waals surface area contributed by atoms with E-state index in [4.69, 9.17) is 16.0 Å². The molecule has 0 bridgehead atoms. The van der Waals surface area contributed by atoms with Crippen molar-refractivity contribution in [1.82, 2.24) is 15.6 Å². The van der Waals surface area contributed by atoms with Crippen LogP contribution < -0.4 is 10.6 Å². The number of nitrogens with zero attached hydrogens (tertiary/aromatic N) is 2. The van der Waals surface area contributed by atoms with Gasteiger partial charge in [-0.25, -0.2) is 9.37 Å². The van der Waals surface area contributed by atoms with E-state index in [1.54, 1.807) is 25.4 Å². The van der Waals surface area contributed by atoms with Crippen LogP contribution in [0.25, 0.3) is 11.5 Å². The van der Waals surface area contributed by atoms with Gasteiger partial charge in [-0.3, -0.25) is 4.99 Å². The van der Waals surface area contributed by atoms with Gasteiger partial charge in [0.15, 0.2) is 5.96 Å². The Morgan fingerprint density at radius 2 is 1.92 bits per heavy atom. The Morgan fingerprint density at radius 3 is 2.65 bits per heavy atom. The van der Waals surface area contributed by atoms with Crippen LogP contribution in [-0.2, 0) is 13.1 Å². The molecule has 7 heteroatoms. The average molecular weight is 373 g/mol. The molecule has 1 heterocycles. The highest BCUT2D eigenvalue weighted by Gasteiger charge is 2.07. The summed E-state index contributed by atoms with van der Waals surface area (Å²) in [4.78, 5) is 8.61. The lowest BCUT2D eigenvalue weighted by Crippen LogP contribution is -2.36. The summed E-state index contributed by atoms with van der Waals surface area (Å²) < 4.78 is 18.7. The van der Waals surface area contributed by atoms with Crippen LogP contribution in [0, 0.1) is 5.82 Å². The van der Waals surface area contributed by atoms with E-state index in [1.165, 1.54) is 6.07 Å². The zero-order valence-corrected chi connectivity index (χ0v) is 14.9. The number of hydrogen-bond donors (Lipinski definition) is 2. The molecule has 0 radical (unpaired) electrons. The molecule has 134 valence electrons. The molecule has 26 heavy (non-hydrogen) atoms. The lowest BCUT2D eigenvalue weighted by atomic mass is 10.2. The summed E-state index contributed by atoms with van der Waals surface area (Å²) in [6.45, 7) is 0.925. The van der Waals surface area contributed by atoms with Crippen molar-refractivity contribution in [3.8, 4) is 11.5 Å². The number of benzene rings is 2. The molecular formula is C19H18ClFN4O. The van der Waals surface area contributed by atoms with Crippen molar-refractivity contribution < 1.29 is 8.81 Å². The third kappa shape index (κ3) is 4.61. The van der Waals surface area contributed by atoms with Gasteiger partial charge in [0, 0.05) is 19.2 Å². The Bertz CT molecular complexity index is 896. The molecule has 0 aliphatic carbocycles. The van der Waals surface area contributed by atoms with Crippen molar-refractivity contribution in [3.63, 3.8) is 0 Å². The Balaban J connectivity index is 1.54. The van der Waals surface area contributed by atoms with Crippen LogP contribution in [0.5, 0.6) is 0 Å². The number of nitrogens with one attached hydrogen (secondary N) is 2. The SMILES string of the molecule is CN=C(NCc1ccc(F)c(Cl)c1)NCc1coc(-c2ccccc2)n1. The number of oxazole rings is 1. The van der Waals surface area contributed by atoms with E-state index in [0.717, 1.165) is 16.8 Å². The predicted octanol–water partition coefficient (Wildman–Crippen LogP) is 4.00. The molecule has 0 aliphatic heterocycles. The molecule has 0 fully saturated rings. The van der Waals surface area contributed by atoms with Gasteiger partial charge in [-0.1, -0.05) is 35.9 Å². The molecule has 1 aromatic heterocycles. The molecule has 0 amide bonds. The third-order valence-electron chi connectivity index (χ3n) is 3.68. The Morgan fingerprint density at radius 1 is 1.15 bits per heavy atom. The predicted molar refractivity (Wildman–Crippen MR) is 100 cm³/mol. The van der Waals surface area contributed by atoms with Crippen LogP contribution in [0.1, 0.15) is 11.3 Å². The van der Waals surface area contributed by atoms with Gasteiger partial charge in [-0.05, 0) is 29.8 Å². The van der Waals surface area contributed by atoms with E-state index in [2.05, 4.69) is 20.6 Å². The summed E-state index contributed by atoms with van der Waals surface area (Å²) >= 11 is 5.79. The summed E-state index contributed by atoms with van der Waals surface area (Å²) in [5.74, 6) is 0.735. The monoisotopic (exact) mass is 372 g/mol. The van der Waals surface area contributed by atoms with Gasteiger partial charge in [0.05, 0.1) is 17.3 Å². The molecule has 2 aromatic carbocycles. The van der Waals surface area contributed by atoms with Gasteiger partial charge in [0.25, 0.3) is 0 Å². The molecule has 0 saturated heterocycles. The Labute approximate surface area is 155 Å². The van der Waals surface area contributed by atoms with Gasteiger partial charge in [-0.15, -0.1) is 0 Å². The smallest absolute Gasteiger partial charge is 0.226 e. The number of hydrogen-bond acceptors (Lipinski definition) is 3. The third-order valence-corrected chi connectivity index (χ3v) is 3.97. The molecule has 0 unspecified atom stereocenters. The molecule has 0 atom stereocenters. The van der Waals surface area contributed by atoms with Crippen LogP contribution in [0.2, 0.25) is 5.02 Å². The van der Waals surface area contributed by atoms with E-state index < -0.39 is 5.82 Å². The van der Waals surface area contributed by atoms with E-state index >= 15 is 0 Å². The number of aromatic nitrogens is 1. The minimum absolute atomic E-state index is 0.100. The molecule has 3 aromatic rings. The van der Waals surface area contributed by atoms with Crippen LogP contribution in [0.3, 0.4) is 0 Å². The maximum absolute atomic E-state index is 13.2. The lowest BCUT2D eigenvalue weighted by molar-refractivity contribution is 0.572. The van der Waals surface area contributed by atoms with Crippen LogP contribution in [0.4, 0.5) is 4.39 Å². The fraction of sp³-hybridized carbons (Fsp3) is 0.158. The van der Waals surface area contributed by atoms with Crippen LogP contribution >= 0.6 is 11.6 Å². The van der Waals surface area contributed by atoms with Gasteiger partial charge < -0.3 is 15.1 Å². The first-order valence-corrected chi connectivity index (χ1v) is 8.42. The topological polar surface area (TPSA) is 62.5 Å². The van der Waals surface area contributed by atoms with E-state index in [1.807, 2.05) is 30.3 Å². The Kier molecular flexibility index (Phi) is 5.86. The van der Waals surface area contributed by atoms with E-state index in [-0.39, 0.29) is 5.02 Å². The maximum atomic E-state index is 13.2. The number of rotatable bonds is 5. The van der Waals surface area contributed by atoms with E-state index in [0.29, 0.717) is 24.9 Å². The van der Waals surface area contributed by atoms with Gasteiger partial charge in [0.1, 0.15) is 12.1 Å². The summed E-state index contributed by atoms with van der Waals surface area (Å²) in [5, 5.41) is 6.40. The molecule has 0 spiro atoms. The van der Waals surface area contributed by atoms with Gasteiger partial charge in [0.2, 0.25) is 5.89 Å². The quantitative estimate of drug-likeness (QED) is 0.525. The first-order valence-electron chi connectivity index (χ1n) is 8.04. The maximum Gasteiger partial charge on any atom is 0.226 e. The number of aliphatic imine (C=N–C) groups is 1. The molecule has 0 aliphatic rings. The van der Waals surface area contributed by atoms with Crippen molar-refractivity contribution in [2.75, 3.05) is 7.05 Å². The van der Waals surface area contributed by atoms with Crippen molar-refractivity contribution in [1.29, 1.82) is 0 Å². The van der Waals surface area contributed by atoms with Crippen LogP contribution in [0.15, 0.2) is 64.2 Å². The second kappa shape index (κ2) is 8.49. The van der Waals surface area contributed by atoms with Gasteiger partial charge in [-0.2, -0.15) is 0 Å². The van der Waals surface area contributed by atoms with E-state index in [9.17, 15) is 4.39 Å². The second-order valence-electron chi connectivity index (χ2n) is 5.54. The standard InChI is InChI=1S/C19H18ClFN4O/c1-22-19(23-10-13-7-8-17(21)16(20)9-13)24-11-15-12-26-18(25-15)14-5-3-2-4-6-14/h2-9,12H,10-11H2,1H3,(H2,22,23,24). The van der Waals surface area contributed by atoms with Crippen molar-refractivity contribution in [2.45, 2.75) is 13.1 Å². The lowest BCUT2D eigenvalue weighted by Gasteiger charge is -2.11. The second-order valence-corrected chi connectivity index (χ2v) is 5.95. The largest absolute Gasteiger partial charge is 0.444 e. The fourth-order valence-electron chi connectivity index (χ4n) is 2.33. The van der Waals surface area contributed by atoms with Crippen molar-refractivity contribution in [2.24, 2.45) is 4.99 Å².